The summed E-state index contributed by atoms with van der Waals surface area (Å²) < 4.78 is 42.6. The lowest BCUT2D eigenvalue weighted by Gasteiger charge is -2.19. The zero-order valence-corrected chi connectivity index (χ0v) is 10.4. The highest BCUT2D eigenvalue weighted by atomic mass is 19.4. The lowest BCUT2D eigenvalue weighted by atomic mass is 10.2. The highest BCUT2D eigenvalue weighted by Gasteiger charge is 2.35. The van der Waals surface area contributed by atoms with Crippen molar-refractivity contribution in [2.24, 2.45) is 0 Å². The molecule has 0 atom stereocenters. The Hall–Kier alpha value is -1.99. The van der Waals surface area contributed by atoms with Gasteiger partial charge in [0, 0.05) is 6.20 Å². The lowest BCUT2D eigenvalue weighted by molar-refractivity contribution is -0.137. The molecule has 1 heterocycles. The fourth-order valence-corrected chi connectivity index (χ4v) is 1.24. The van der Waals surface area contributed by atoms with Crippen LogP contribution in [0.4, 0.5) is 18.0 Å². The van der Waals surface area contributed by atoms with Crippen LogP contribution < -0.4 is 0 Å². The van der Waals surface area contributed by atoms with Gasteiger partial charge in [0.2, 0.25) is 0 Å². The minimum atomic E-state index is -4.74. The normalized spacial score (nSPS) is 12.3. The molecule has 0 aliphatic carbocycles. The van der Waals surface area contributed by atoms with Gasteiger partial charge in [0.1, 0.15) is 11.3 Å². The first kappa shape index (κ1) is 15.1. The van der Waals surface area contributed by atoms with E-state index in [4.69, 9.17) is 9.84 Å². The van der Waals surface area contributed by atoms with E-state index in [1.807, 2.05) is 0 Å². The number of halogens is 3. The number of nitrogens with zero attached hydrogens (tertiary/aromatic N) is 1. The molecule has 106 valence electrons. The number of aromatic nitrogens is 1. The van der Waals surface area contributed by atoms with Gasteiger partial charge in [-0.2, -0.15) is 13.2 Å². The van der Waals surface area contributed by atoms with Crippen LogP contribution in [0.5, 0.6) is 0 Å². The maximum atomic E-state index is 12.5. The molecule has 1 aromatic rings. The number of hydrogen-bond donors (Lipinski definition) is 1. The number of hydrogen-bond acceptors (Lipinski definition) is 3. The van der Waals surface area contributed by atoms with Crippen molar-refractivity contribution in [3.05, 3.63) is 23.5 Å². The van der Waals surface area contributed by atoms with Gasteiger partial charge in [-0.1, -0.05) is 0 Å². The van der Waals surface area contributed by atoms with E-state index >= 15 is 0 Å². The van der Waals surface area contributed by atoms with Crippen LogP contribution in [0.3, 0.4) is 0 Å². The number of aromatic carboxylic acids is 1. The van der Waals surface area contributed by atoms with E-state index in [0.29, 0.717) is 16.8 Å². The molecule has 0 aliphatic rings. The van der Waals surface area contributed by atoms with E-state index in [1.54, 1.807) is 0 Å². The Balaban J connectivity index is 3.23. The fraction of sp³-hybridized carbons (Fsp3) is 0.455. The van der Waals surface area contributed by atoms with Crippen LogP contribution in [-0.2, 0) is 10.9 Å². The summed E-state index contributed by atoms with van der Waals surface area (Å²) in [7, 11) is 0. The van der Waals surface area contributed by atoms with Crippen molar-refractivity contribution < 1.29 is 32.6 Å². The van der Waals surface area contributed by atoms with Crippen molar-refractivity contribution in [2.45, 2.75) is 32.5 Å². The minimum Gasteiger partial charge on any atom is -0.477 e. The lowest BCUT2D eigenvalue weighted by Crippen LogP contribution is -2.28. The molecule has 1 rings (SSSR count). The number of carboxylic acid groups (broad SMARTS) is 1. The van der Waals surface area contributed by atoms with Crippen LogP contribution in [0, 0.1) is 0 Å². The van der Waals surface area contributed by atoms with Gasteiger partial charge in [0.05, 0.1) is 5.56 Å². The number of carbonyl (C=O) groups is 2. The van der Waals surface area contributed by atoms with Gasteiger partial charge in [-0.05, 0) is 26.8 Å². The van der Waals surface area contributed by atoms with Gasteiger partial charge in [0.15, 0.2) is 0 Å². The van der Waals surface area contributed by atoms with Crippen molar-refractivity contribution in [3.8, 4) is 0 Å². The number of ether oxygens (including phenoxy) is 1. The molecule has 1 aromatic heterocycles. The summed E-state index contributed by atoms with van der Waals surface area (Å²) in [6.07, 6.45) is -5.52. The third-order valence-corrected chi connectivity index (χ3v) is 1.96. The summed E-state index contributed by atoms with van der Waals surface area (Å²) in [5.41, 5.74) is -2.98. The van der Waals surface area contributed by atoms with Crippen molar-refractivity contribution in [1.82, 2.24) is 4.57 Å². The molecular weight excluding hydrogens is 267 g/mol. The predicted molar refractivity (Wildman–Crippen MR) is 58.0 cm³/mol. The molecule has 8 heteroatoms. The molecule has 0 bridgehead atoms. The predicted octanol–water partition coefficient (Wildman–Crippen LogP) is 2.99. The SMILES string of the molecule is CC(C)(C)OC(=O)n1cc(C(F)(F)F)cc1C(=O)O. The fourth-order valence-electron chi connectivity index (χ4n) is 1.24. The molecule has 0 radical (unpaired) electrons. The molecule has 0 unspecified atom stereocenters. The van der Waals surface area contributed by atoms with Crippen LogP contribution in [0.25, 0.3) is 0 Å². The molecule has 0 aromatic carbocycles. The van der Waals surface area contributed by atoms with Gasteiger partial charge >= 0.3 is 18.2 Å². The first-order valence-electron chi connectivity index (χ1n) is 5.18. The van der Waals surface area contributed by atoms with E-state index in [-0.39, 0.29) is 0 Å². The average molecular weight is 279 g/mol. The van der Waals surface area contributed by atoms with E-state index < -0.39 is 35.1 Å². The van der Waals surface area contributed by atoms with E-state index in [0.717, 1.165) is 0 Å². The summed E-state index contributed by atoms with van der Waals surface area (Å²) in [5.74, 6) is -1.65. The first-order chi connectivity index (χ1) is 8.42. The first-order valence-corrected chi connectivity index (χ1v) is 5.18. The van der Waals surface area contributed by atoms with E-state index in [9.17, 15) is 22.8 Å². The molecule has 1 N–H and O–H groups in total. The van der Waals surface area contributed by atoms with Crippen molar-refractivity contribution >= 4 is 12.1 Å². The highest BCUT2D eigenvalue weighted by molar-refractivity contribution is 5.91. The van der Waals surface area contributed by atoms with Crippen LogP contribution >= 0.6 is 0 Å². The molecule has 0 aliphatic heterocycles. The molecule has 0 fully saturated rings. The molecule has 19 heavy (non-hydrogen) atoms. The maximum absolute atomic E-state index is 12.5. The van der Waals surface area contributed by atoms with E-state index in [1.165, 1.54) is 20.8 Å². The van der Waals surface area contributed by atoms with Crippen molar-refractivity contribution in [1.29, 1.82) is 0 Å². The second kappa shape index (κ2) is 4.60. The Morgan fingerprint density at radius 3 is 2.16 bits per heavy atom. The van der Waals surface area contributed by atoms with Crippen molar-refractivity contribution in [2.75, 3.05) is 0 Å². The Labute approximate surface area is 106 Å². The Morgan fingerprint density at radius 1 is 1.26 bits per heavy atom. The van der Waals surface area contributed by atoms with Crippen LogP contribution in [0.2, 0.25) is 0 Å². The van der Waals surface area contributed by atoms with Crippen molar-refractivity contribution in [3.63, 3.8) is 0 Å². The topological polar surface area (TPSA) is 68.5 Å². The standard InChI is InChI=1S/C11H12F3NO4/c1-10(2,3)19-9(18)15-5-6(11(12,13)14)4-7(15)8(16)17/h4-5H,1-3H3,(H,16,17). The summed E-state index contributed by atoms with van der Waals surface area (Å²) in [6, 6.07) is 0.381. The smallest absolute Gasteiger partial charge is 0.419 e. The number of carboxylic acids is 1. The van der Waals surface area contributed by atoms with E-state index in [2.05, 4.69) is 0 Å². The summed E-state index contributed by atoms with van der Waals surface area (Å²) in [5, 5.41) is 8.80. The van der Waals surface area contributed by atoms with Gasteiger partial charge < -0.3 is 9.84 Å². The second-order valence-corrected chi connectivity index (χ2v) is 4.77. The quantitative estimate of drug-likeness (QED) is 0.858. The molecule has 0 saturated carbocycles. The van der Waals surface area contributed by atoms with Crippen LogP contribution in [0.1, 0.15) is 36.8 Å². The number of rotatable bonds is 1. The average Bonchev–Trinajstić information content (AvgIpc) is 2.57. The second-order valence-electron chi connectivity index (χ2n) is 4.77. The Kier molecular flexibility index (Phi) is 3.65. The van der Waals surface area contributed by atoms with Gasteiger partial charge in [-0.3, -0.25) is 0 Å². The van der Waals surface area contributed by atoms with Crippen LogP contribution in [0.15, 0.2) is 12.3 Å². The third kappa shape index (κ3) is 3.73. The van der Waals surface area contributed by atoms with Crippen LogP contribution in [-0.4, -0.2) is 27.3 Å². The maximum Gasteiger partial charge on any atom is 0.419 e. The largest absolute Gasteiger partial charge is 0.477 e. The van der Waals surface area contributed by atoms with Gasteiger partial charge in [0.25, 0.3) is 0 Å². The molecule has 0 saturated heterocycles. The summed E-state index contributed by atoms with van der Waals surface area (Å²) >= 11 is 0. The zero-order valence-electron chi connectivity index (χ0n) is 10.4. The molecular formula is C11H12F3NO4. The van der Waals surface area contributed by atoms with Gasteiger partial charge in [-0.15, -0.1) is 0 Å². The Morgan fingerprint density at radius 2 is 1.79 bits per heavy atom. The summed E-state index contributed by atoms with van der Waals surface area (Å²) in [4.78, 5) is 22.5. The Bertz CT molecular complexity index is 511. The highest BCUT2D eigenvalue weighted by Crippen LogP contribution is 2.31. The monoisotopic (exact) mass is 279 g/mol. The molecule has 0 amide bonds. The summed E-state index contributed by atoms with van der Waals surface area (Å²) in [6.45, 7) is 4.54. The molecule has 0 spiro atoms. The third-order valence-electron chi connectivity index (χ3n) is 1.96. The zero-order chi connectivity index (χ0) is 15.0. The number of carbonyl (C=O) groups excluding carboxylic acids is 1. The molecule has 5 nitrogen and oxygen atoms in total. The minimum absolute atomic E-state index is 0.330. The number of alkyl halides is 3. The van der Waals surface area contributed by atoms with Gasteiger partial charge in [-0.25, -0.2) is 14.2 Å².